The van der Waals surface area contributed by atoms with Crippen LogP contribution in [0, 0.1) is 10.1 Å². The van der Waals surface area contributed by atoms with Crippen LogP contribution in [0.2, 0.25) is 5.02 Å². The minimum absolute atomic E-state index is 0.157. The Hall–Kier alpha value is -2.64. The Morgan fingerprint density at radius 1 is 1.21 bits per heavy atom. The van der Waals surface area contributed by atoms with Crippen LogP contribution in [-0.4, -0.2) is 23.9 Å². The van der Waals surface area contributed by atoms with Crippen molar-refractivity contribution < 1.29 is 9.72 Å². The zero-order chi connectivity index (χ0) is 17.5. The smallest absolute Gasteiger partial charge is 0.293 e. The van der Waals surface area contributed by atoms with Crippen molar-refractivity contribution in [1.82, 2.24) is 0 Å². The number of rotatable bonds is 7. The standard InChI is InChI=1S/C16H17ClN4O3/c17-12-3-5-13(6-4-12)20-16(22)11-2-7-14(19-9-1-8-18)15(10-11)21(23)24/h2-7,10,19H,1,8-9,18H2,(H,20,22). The summed E-state index contributed by atoms with van der Waals surface area (Å²) in [5.74, 6) is -0.436. The van der Waals surface area contributed by atoms with Crippen molar-refractivity contribution in [3.8, 4) is 0 Å². The highest BCUT2D eigenvalue weighted by atomic mass is 35.5. The molecule has 0 bridgehead atoms. The van der Waals surface area contributed by atoms with Gasteiger partial charge in [0.2, 0.25) is 0 Å². The van der Waals surface area contributed by atoms with Gasteiger partial charge in [0.15, 0.2) is 0 Å². The number of carbonyl (C=O) groups is 1. The summed E-state index contributed by atoms with van der Waals surface area (Å²) in [5, 5.41) is 17.4. The van der Waals surface area contributed by atoms with Crippen molar-refractivity contribution in [3.63, 3.8) is 0 Å². The molecule has 8 heteroatoms. The summed E-state index contributed by atoms with van der Waals surface area (Å²) in [4.78, 5) is 22.9. The fourth-order valence-electron chi connectivity index (χ4n) is 2.04. The first-order valence-corrected chi connectivity index (χ1v) is 7.68. The molecule has 0 atom stereocenters. The Kier molecular flexibility index (Phi) is 6.11. The van der Waals surface area contributed by atoms with E-state index in [1.807, 2.05) is 0 Å². The largest absolute Gasteiger partial charge is 0.379 e. The molecule has 0 aromatic heterocycles. The predicted octanol–water partition coefficient (Wildman–Crippen LogP) is 3.26. The third-order valence-corrected chi connectivity index (χ3v) is 3.51. The fourth-order valence-corrected chi connectivity index (χ4v) is 2.16. The molecule has 0 saturated heterocycles. The predicted molar refractivity (Wildman–Crippen MR) is 94.7 cm³/mol. The van der Waals surface area contributed by atoms with Crippen LogP contribution in [-0.2, 0) is 0 Å². The number of nitrogens with one attached hydrogen (secondary N) is 2. The van der Waals surface area contributed by atoms with Gasteiger partial charge in [0, 0.05) is 28.9 Å². The van der Waals surface area contributed by atoms with Crippen LogP contribution in [0.4, 0.5) is 17.1 Å². The molecule has 2 aromatic rings. The summed E-state index contributed by atoms with van der Waals surface area (Å²) in [6.45, 7) is 1.01. The van der Waals surface area contributed by atoms with E-state index in [1.54, 1.807) is 24.3 Å². The zero-order valence-corrected chi connectivity index (χ0v) is 13.5. The van der Waals surface area contributed by atoms with Gasteiger partial charge in [-0.3, -0.25) is 14.9 Å². The van der Waals surface area contributed by atoms with Crippen molar-refractivity contribution in [3.05, 3.63) is 63.2 Å². The minimum Gasteiger partial charge on any atom is -0.379 e. The van der Waals surface area contributed by atoms with Crippen molar-refractivity contribution >= 4 is 34.6 Å². The highest BCUT2D eigenvalue weighted by Crippen LogP contribution is 2.26. The number of nitrogens with zero attached hydrogens (tertiary/aromatic N) is 1. The van der Waals surface area contributed by atoms with Crippen molar-refractivity contribution in [2.24, 2.45) is 5.73 Å². The molecule has 0 aliphatic heterocycles. The van der Waals surface area contributed by atoms with E-state index in [1.165, 1.54) is 18.2 Å². The van der Waals surface area contributed by atoms with Gasteiger partial charge in [-0.1, -0.05) is 11.6 Å². The number of carbonyl (C=O) groups excluding carboxylic acids is 1. The number of amides is 1. The third kappa shape index (κ3) is 4.68. The molecule has 1 amide bonds. The quantitative estimate of drug-likeness (QED) is 0.404. The van der Waals surface area contributed by atoms with Crippen LogP contribution in [0.25, 0.3) is 0 Å². The minimum atomic E-state index is -0.524. The molecule has 0 heterocycles. The molecule has 0 aliphatic rings. The molecular formula is C16H17ClN4O3. The molecule has 7 nitrogen and oxygen atoms in total. The maximum Gasteiger partial charge on any atom is 0.293 e. The van der Waals surface area contributed by atoms with Gasteiger partial charge >= 0.3 is 0 Å². The lowest BCUT2D eigenvalue weighted by Crippen LogP contribution is -2.13. The number of benzene rings is 2. The maximum atomic E-state index is 12.2. The van der Waals surface area contributed by atoms with Gasteiger partial charge in [-0.25, -0.2) is 0 Å². The van der Waals surface area contributed by atoms with Crippen LogP contribution < -0.4 is 16.4 Å². The number of nitrogens with two attached hydrogens (primary N) is 1. The topological polar surface area (TPSA) is 110 Å². The Bertz CT molecular complexity index is 735. The highest BCUT2D eigenvalue weighted by molar-refractivity contribution is 6.30. The molecule has 0 spiro atoms. The first-order valence-electron chi connectivity index (χ1n) is 7.30. The SMILES string of the molecule is NCCCNc1ccc(C(=O)Nc2ccc(Cl)cc2)cc1[N+](=O)[O-]. The second kappa shape index (κ2) is 8.28. The Morgan fingerprint density at radius 2 is 1.92 bits per heavy atom. The molecule has 4 N–H and O–H groups in total. The van der Waals surface area contributed by atoms with E-state index >= 15 is 0 Å². The summed E-state index contributed by atoms with van der Waals surface area (Å²) in [5.41, 5.74) is 6.35. The average Bonchev–Trinajstić information content (AvgIpc) is 2.57. The fraction of sp³-hybridized carbons (Fsp3) is 0.188. The molecule has 0 aliphatic carbocycles. The van der Waals surface area contributed by atoms with Crippen LogP contribution in [0.15, 0.2) is 42.5 Å². The average molecular weight is 349 g/mol. The maximum absolute atomic E-state index is 12.2. The number of hydrogen-bond donors (Lipinski definition) is 3. The van der Waals surface area contributed by atoms with E-state index in [0.29, 0.717) is 35.9 Å². The van der Waals surface area contributed by atoms with E-state index in [0.717, 1.165) is 0 Å². The normalized spacial score (nSPS) is 10.2. The molecule has 2 rings (SSSR count). The first kappa shape index (κ1) is 17.7. The van der Waals surface area contributed by atoms with Gasteiger partial charge in [0.05, 0.1) is 4.92 Å². The van der Waals surface area contributed by atoms with Crippen LogP contribution in [0.5, 0.6) is 0 Å². The number of nitro groups is 1. The van der Waals surface area contributed by atoms with Crippen molar-refractivity contribution in [2.75, 3.05) is 23.7 Å². The van der Waals surface area contributed by atoms with E-state index in [9.17, 15) is 14.9 Å². The van der Waals surface area contributed by atoms with E-state index in [4.69, 9.17) is 17.3 Å². The zero-order valence-electron chi connectivity index (χ0n) is 12.8. The summed E-state index contributed by atoms with van der Waals surface area (Å²) in [6.07, 6.45) is 0.690. The van der Waals surface area contributed by atoms with Crippen molar-refractivity contribution in [2.45, 2.75) is 6.42 Å². The molecule has 24 heavy (non-hydrogen) atoms. The number of nitro benzene ring substituents is 1. The molecule has 126 valence electrons. The van der Waals surface area contributed by atoms with Gasteiger partial charge in [-0.15, -0.1) is 0 Å². The second-order valence-electron chi connectivity index (χ2n) is 5.02. The third-order valence-electron chi connectivity index (χ3n) is 3.26. The summed E-state index contributed by atoms with van der Waals surface area (Å²) < 4.78 is 0. The lowest BCUT2D eigenvalue weighted by Gasteiger charge is -2.09. The van der Waals surface area contributed by atoms with Gasteiger partial charge < -0.3 is 16.4 Å². The Morgan fingerprint density at radius 3 is 2.54 bits per heavy atom. The molecular weight excluding hydrogens is 332 g/mol. The lowest BCUT2D eigenvalue weighted by atomic mass is 10.1. The first-order chi connectivity index (χ1) is 11.5. The monoisotopic (exact) mass is 348 g/mol. The number of anilines is 2. The summed E-state index contributed by atoms with van der Waals surface area (Å²) in [6, 6.07) is 10.9. The van der Waals surface area contributed by atoms with Crippen LogP contribution in [0.3, 0.4) is 0 Å². The van der Waals surface area contributed by atoms with E-state index in [-0.39, 0.29) is 11.3 Å². The van der Waals surface area contributed by atoms with Gasteiger partial charge in [0.25, 0.3) is 11.6 Å². The van der Waals surface area contributed by atoms with Crippen LogP contribution in [0.1, 0.15) is 16.8 Å². The molecule has 2 aromatic carbocycles. The van der Waals surface area contributed by atoms with Crippen LogP contribution >= 0.6 is 11.6 Å². The summed E-state index contributed by atoms with van der Waals surface area (Å²) in [7, 11) is 0. The van der Waals surface area contributed by atoms with Gasteiger partial charge in [-0.2, -0.15) is 0 Å². The molecule has 0 fully saturated rings. The number of hydrogen-bond acceptors (Lipinski definition) is 5. The van der Waals surface area contributed by atoms with Crippen molar-refractivity contribution in [1.29, 1.82) is 0 Å². The Balaban J connectivity index is 2.17. The molecule has 0 saturated carbocycles. The van der Waals surface area contributed by atoms with Gasteiger partial charge in [0.1, 0.15) is 5.69 Å². The van der Waals surface area contributed by atoms with Gasteiger partial charge in [-0.05, 0) is 49.4 Å². The van der Waals surface area contributed by atoms with E-state index < -0.39 is 10.8 Å². The second-order valence-corrected chi connectivity index (χ2v) is 5.46. The molecule has 0 unspecified atom stereocenters. The van der Waals surface area contributed by atoms with E-state index in [2.05, 4.69) is 10.6 Å². The lowest BCUT2D eigenvalue weighted by molar-refractivity contribution is -0.384. The highest BCUT2D eigenvalue weighted by Gasteiger charge is 2.17. The Labute approximate surface area is 144 Å². The number of halogens is 1. The molecule has 0 radical (unpaired) electrons. The summed E-state index contributed by atoms with van der Waals surface area (Å²) >= 11 is 5.79.